The van der Waals surface area contributed by atoms with Gasteiger partial charge in [-0.15, -0.1) is 0 Å². The van der Waals surface area contributed by atoms with Crippen LogP contribution in [0.2, 0.25) is 0 Å². The molecule has 1 N–H and O–H groups in total. The molecule has 0 saturated heterocycles. The standard InChI is InChI=1S/C19H16F6N2O6/c1-3-32-16(28)12-11(9-6-5-7-10(8-9)27(30)31)13(17(29)33-4-2)15(19(23,24)25)26-14(12)18(20,21)22/h5-8,11,26H,3-4H2,1-2H3. The number of carbonyl (C=O) groups is 2. The minimum absolute atomic E-state index is 0.445. The van der Waals surface area contributed by atoms with Crippen molar-refractivity contribution < 1.29 is 50.3 Å². The van der Waals surface area contributed by atoms with E-state index >= 15 is 0 Å². The summed E-state index contributed by atoms with van der Waals surface area (Å²) in [4.78, 5) is 35.3. The Balaban J connectivity index is 3.01. The van der Waals surface area contributed by atoms with E-state index in [4.69, 9.17) is 0 Å². The molecule has 0 aromatic heterocycles. The van der Waals surface area contributed by atoms with Gasteiger partial charge in [0.2, 0.25) is 0 Å². The Kier molecular flexibility index (Phi) is 7.39. The van der Waals surface area contributed by atoms with Crippen LogP contribution in [-0.4, -0.2) is 42.4 Å². The molecule has 180 valence electrons. The topological polar surface area (TPSA) is 108 Å². The van der Waals surface area contributed by atoms with Gasteiger partial charge in [0.25, 0.3) is 5.69 Å². The zero-order valence-electron chi connectivity index (χ0n) is 17.0. The smallest absolute Gasteiger partial charge is 0.431 e. The summed E-state index contributed by atoms with van der Waals surface area (Å²) in [5.41, 5.74) is -8.22. The van der Waals surface area contributed by atoms with Crippen molar-refractivity contribution in [2.45, 2.75) is 32.1 Å². The van der Waals surface area contributed by atoms with Crippen LogP contribution in [0.1, 0.15) is 25.3 Å². The van der Waals surface area contributed by atoms with E-state index in [-0.39, 0.29) is 0 Å². The first kappa shape index (κ1) is 25.7. The van der Waals surface area contributed by atoms with Crippen molar-refractivity contribution in [2.75, 3.05) is 13.2 Å². The van der Waals surface area contributed by atoms with E-state index in [2.05, 4.69) is 9.47 Å². The van der Waals surface area contributed by atoms with Crippen LogP contribution in [0.5, 0.6) is 0 Å². The Morgan fingerprint density at radius 2 is 1.42 bits per heavy atom. The van der Waals surface area contributed by atoms with Crippen LogP contribution in [0.15, 0.2) is 46.8 Å². The van der Waals surface area contributed by atoms with E-state index < -0.39 is 82.1 Å². The van der Waals surface area contributed by atoms with Crippen LogP contribution >= 0.6 is 0 Å². The highest BCUT2D eigenvalue weighted by atomic mass is 19.4. The Hall–Kier alpha value is -3.58. The zero-order chi connectivity index (χ0) is 25.1. The number of ether oxygens (including phenoxy) is 2. The maximum absolute atomic E-state index is 13.8. The lowest BCUT2D eigenvalue weighted by molar-refractivity contribution is -0.384. The van der Waals surface area contributed by atoms with Crippen molar-refractivity contribution >= 4 is 17.6 Å². The van der Waals surface area contributed by atoms with Crippen molar-refractivity contribution in [1.29, 1.82) is 0 Å². The number of carbonyl (C=O) groups excluding carboxylic acids is 2. The van der Waals surface area contributed by atoms with Crippen LogP contribution in [0.4, 0.5) is 32.0 Å². The fraction of sp³-hybridized carbons (Fsp3) is 0.368. The molecule has 0 radical (unpaired) electrons. The molecule has 1 aromatic carbocycles. The fourth-order valence-electron chi connectivity index (χ4n) is 3.15. The first-order valence-corrected chi connectivity index (χ1v) is 9.22. The van der Waals surface area contributed by atoms with Gasteiger partial charge >= 0.3 is 24.3 Å². The van der Waals surface area contributed by atoms with Crippen LogP contribution in [0.3, 0.4) is 0 Å². The molecular weight excluding hydrogens is 466 g/mol. The number of nitro groups is 1. The van der Waals surface area contributed by atoms with Gasteiger partial charge in [-0.05, 0) is 19.4 Å². The van der Waals surface area contributed by atoms with Gasteiger partial charge in [-0.25, -0.2) is 9.59 Å². The quantitative estimate of drug-likeness (QED) is 0.282. The van der Waals surface area contributed by atoms with E-state index in [0.29, 0.717) is 6.07 Å². The third-order valence-corrected chi connectivity index (χ3v) is 4.34. The van der Waals surface area contributed by atoms with Gasteiger partial charge in [0.15, 0.2) is 0 Å². The third kappa shape index (κ3) is 5.43. The number of alkyl halides is 6. The highest BCUT2D eigenvalue weighted by Crippen LogP contribution is 2.47. The maximum atomic E-state index is 13.8. The first-order valence-electron chi connectivity index (χ1n) is 9.22. The van der Waals surface area contributed by atoms with Gasteiger partial charge in [-0.3, -0.25) is 10.1 Å². The summed E-state index contributed by atoms with van der Waals surface area (Å²) < 4.78 is 91.9. The van der Waals surface area contributed by atoms with E-state index in [1.165, 1.54) is 13.8 Å². The molecule has 0 fully saturated rings. The van der Waals surface area contributed by atoms with Crippen molar-refractivity contribution in [1.82, 2.24) is 5.32 Å². The SMILES string of the molecule is CCOC(=O)C1=C(C(F)(F)F)NC(C(F)(F)F)=C(C(=O)OCC)C1c1cccc([N+](=O)[O-])c1. The third-order valence-electron chi connectivity index (χ3n) is 4.34. The van der Waals surface area contributed by atoms with Gasteiger partial charge in [0.1, 0.15) is 11.4 Å². The van der Waals surface area contributed by atoms with Gasteiger partial charge in [0.05, 0.1) is 35.2 Å². The molecule has 0 bridgehead atoms. The summed E-state index contributed by atoms with van der Waals surface area (Å²) in [6, 6.07) is 3.53. The van der Waals surface area contributed by atoms with Crippen LogP contribution in [-0.2, 0) is 19.1 Å². The minimum atomic E-state index is -5.52. The molecule has 1 aliphatic heterocycles. The Labute approximate surface area is 182 Å². The molecule has 2 rings (SSSR count). The highest BCUT2D eigenvalue weighted by Gasteiger charge is 2.53. The van der Waals surface area contributed by atoms with Gasteiger partial charge in [-0.2, -0.15) is 26.3 Å². The van der Waals surface area contributed by atoms with E-state index in [0.717, 1.165) is 23.5 Å². The van der Waals surface area contributed by atoms with Crippen molar-refractivity contribution in [2.24, 2.45) is 0 Å². The maximum Gasteiger partial charge on any atom is 0.431 e. The number of rotatable bonds is 6. The van der Waals surface area contributed by atoms with Gasteiger partial charge < -0.3 is 14.8 Å². The average molecular weight is 482 g/mol. The summed E-state index contributed by atoms with van der Waals surface area (Å²) in [6.45, 7) is 1.60. The second kappa shape index (κ2) is 9.50. The number of halogens is 6. The molecule has 14 heteroatoms. The first-order chi connectivity index (χ1) is 15.2. The summed E-state index contributed by atoms with van der Waals surface area (Å²) in [7, 11) is 0. The number of benzene rings is 1. The molecule has 0 saturated carbocycles. The monoisotopic (exact) mass is 482 g/mol. The summed E-state index contributed by atoms with van der Waals surface area (Å²) in [5.74, 6) is -5.67. The molecule has 1 aliphatic rings. The predicted octanol–water partition coefficient (Wildman–Crippen LogP) is 4.04. The van der Waals surface area contributed by atoms with Crippen molar-refractivity contribution in [3.05, 3.63) is 62.5 Å². The molecular formula is C19H16F6N2O6. The molecule has 0 atom stereocenters. The number of nitro benzene ring substituents is 1. The number of allylic oxidation sites excluding steroid dienone is 2. The average Bonchev–Trinajstić information content (AvgIpc) is 2.71. The van der Waals surface area contributed by atoms with Gasteiger partial charge in [0, 0.05) is 12.1 Å². The Morgan fingerprint density at radius 3 is 1.79 bits per heavy atom. The molecule has 0 aliphatic carbocycles. The fourth-order valence-corrected chi connectivity index (χ4v) is 3.15. The molecule has 1 aromatic rings. The number of esters is 2. The second-order valence-electron chi connectivity index (χ2n) is 6.42. The number of nitrogens with one attached hydrogen (secondary N) is 1. The van der Waals surface area contributed by atoms with Crippen LogP contribution in [0, 0.1) is 10.1 Å². The van der Waals surface area contributed by atoms with Crippen LogP contribution in [0.25, 0.3) is 0 Å². The molecule has 33 heavy (non-hydrogen) atoms. The molecule has 0 spiro atoms. The number of nitrogens with zero attached hydrogens (tertiary/aromatic N) is 1. The summed E-state index contributed by atoms with van der Waals surface area (Å²) in [6.07, 6.45) is -11.0. The normalized spacial score (nSPS) is 15.3. The number of hydrogen-bond donors (Lipinski definition) is 1. The number of hydrogen-bond acceptors (Lipinski definition) is 7. The lowest BCUT2D eigenvalue weighted by Gasteiger charge is -2.33. The lowest BCUT2D eigenvalue weighted by Crippen LogP contribution is -2.43. The number of non-ortho nitro benzene ring substituents is 1. The van der Waals surface area contributed by atoms with Crippen molar-refractivity contribution in [3.63, 3.8) is 0 Å². The zero-order valence-corrected chi connectivity index (χ0v) is 17.0. The van der Waals surface area contributed by atoms with Crippen molar-refractivity contribution in [3.8, 4) is 0 Å². The number of dihydropyridines is 1. The minimum Gasteiger partial charge on any atom is -0.463 e. The predicted molar refractivity (Wildman–Crippen MR) is 98.4 cm³/mol. The molecule has 0 amide bonds. The van der Waals surface area contributed by atoms with E-state index in [1.807, 2.05) is 0 Å². The largest absolute Gasteiger partial charge is 0.463 e. The highest BCUT2D eigenvalue weighted by molar-refractivity contribution is 6.00. The van der Waals surface area contributed by atoms with E-state index in [1.54, 1.807) is 0 Å². The van der Waals surface area contributed by atoms with Crippen LogP contribution < -0.4 is 5.32 Å². The summed E-state index contributed by atoms with van der Waals surface area (Å²) >= 11 is 0. The Bertz CT molecular complexity index is 976. The second-order valence-corrected chi connectivity index (χ2v) is 6.42. The molecule has 0 unspecified atom stereocenters. The van der Waals surface area contributed by atoms with E-state index in [9.17, 15) is 46.0 Å². The molecule has 8 nitrogen and oxygen atoms in total. The Morgan fingerprint density at radius 1 is 0.970 bits per heavy atom. The lowest BCUT2D eigenvalue weighted by atomic mass is 9.79. The van der Waals surface area contributed by atoms with Gasteiger partial charge in [-0.1, -0.05) is 12.1 Å². The molecule has 1 heterocycles. The summed E-state index contributed by atoms with van der Waals surface area (Å²) in [5, 5.41) is 12.3.